The van der Waals surface area contributed by atoms with Crippen LogP contribution in [0.4, 0.5) is 23.7 Å². The number of alkyl halides is 3. The number of piperazine rings is 1. The molecule has 1 aliphatic rings. The highest BCUT2D eigenvalue weighted by Crippen LogP contribution is 2.30. The molecule has 184 valence electrons. The Bertz CT molecular complexity index is 1060. The number of nitrogens with one attached hydrogen (secondary N) is 1. The van der Waals surface area contributed by atoms with Crippen molar-refractivity contribution in [1.29, 1.82) is 0 Å². The maximum Gasteiger partial charge on any atom is 0.416 e. The number of amides is 3. The van der Waals surface area contributed by atoms with Crippen molar-refractivity contribution < 1.29 is 32.3 Å². The van der Waals surface area contributed by atoms with Crippen LogP contribution in [0.1, 0.15) is 41.5 Å². The minimum atomic E-state index is -4.56. The molecule has 3 amide bonds. The summed E-state index contributed by atoms with van der Waals surface area (Å²) in [6.07, 6.45) is -3.50. The van der Waals surface area contributed by atoms with Crippen LogP contribution in [0.5, 0.6) is 0 Å². The van der Waals surface area contributed by atoms with Crippen molar-refractivity contribution in [2.45, 2.75) is 33.0 Å². The van der Waals surface area contributed by atoms with Crippen molar-refractivity contribution in [1.82, 2.24) is 19.6 Å². The summed E-state index contributed by atoms with van der Waals surface area (Å²) < 4.78 is 45.2. The molecule has 9 nitrogen and oxygen atoms in total. The van der Waals surface area contributed by atoms with E-state index in [4.69, 9.17) is 4.74 Å². The van der Waals surface area contributed by atoms with Gasteiger partial charge in [-0.1, -0.05) is 6.07 Å². The third kappa shape index (κ3) is 5.67. The topological polar surface area (TPSA) is 96.8 Å². The average molecular weight is 481 g/mol. The number of hydrogen-bond acceptors (Lipinski definition) is 5. The predicted octanol–water partition coefficient (Wildman–Crippen LogP) is 3.32. The molecule has 0 bridgehead atoms. The highest BCUT2D eigenvalue weighted by atomic mass is 19.4. The monoisotopic (exact) mass is 481 g/mol. The van der Waals surface area contributed by atoms with Gasteiger partial charge in [-0.2, -0.15) is 18.3 Å². The fraction of sp³-hybridized carbons (Fsp3) is 0.455. The van der Waals surface area contributed by atoms with E-state index in [1.54, 1.807) is 25.7 Å². The summed E-state index contributed by atoms with van der Waals surface area (Å²) >= 11 is 0. The van der Waals surface area contributed by atoms with Crippen molar-refractivity contribution in [3.05, 3.63) is 47.3 Å². The Balaban J connectivity index is 1.65. The number of ether oxygens (including phenoxy) is 1. The second-order valence-corrected chi connectivity index (χ2v) is 7.83. The number of benzene rings is 1. The average Bonchev–Trinajstić information content (AvgIpc) is 3.17. The molecule has 1 fully saturated rings. The van der Waals surface area contributed by atoms with Crippen molar-refractivity contribution in [2.75, 3.05) is 38.1 Å². The Morgan fingerprint density at radius 3 is 2.41 bits per heavy atom. The second kappa shape index (κ2) is 10.1. The Morgan fingerprint density at radius 2 is 1.79 bits per heavy atom. The lowest BCUT2D eigenvalue weighted by molar-refractivity contribution is -0.137. The highest BCUT2D eigenvalue weighted by Gasteiger charge is 2.31. The number of anilines is 1. The second-order valence-electron chi connectivity index (χ2n) is 7.83. The fourth-order valence-electron chi connectivity index (χ4n) is 3.54. The Morgan fingerprint density at radius 1 is 1.15 bits per heavy atom. The molecule has 0 saturated carbocycles. The van der Waals surface area contributed by atoms with E-state index >= 15 is 0 Å². The molecule has 1 N–H and O–H groups in total. The molecule has 0 radical (unpaired) electrons. The van der Waals surface area contributed by atoms with Gasteiger partial charge in [0, 0.05) is 37.9 Å². The zero-order valence-corrected chi connectivity index (χ0v) is 19.1. The zero-order chi connectivity index (χ0) is 25.0. The fourth-order valence-corrected chi connectivity index (χ4v) is 3.54. The molecule has 1 aromatic heterocycles. The van der Waals surface area contributed by atoms with E-state index in [1.807, 2.05) is 0 Å². The number of rotatable bonds is 5. The zero-order valence-electron chi connectivity index (χ0n) is 19.1. The molecule has 0 spiro atoms. The number of aryl methyl sites for hydroxylation is 1. The van der Waals surface area contributed by atoms with Gasteiger partial charge in [0.05, 0.1) is 23.6 Å². The van der Waals surface area contributed by atoms with E-state index in [9.17, 15) is 27.6 Å². The molecule has 34 heavy (non-hydrogen) atoms. The molecule has 1 saturated heterocycles. The molecule has 0 aliphatic carbocycles. The van der Waals surface area contributed by atoms with Crippen LogP contribution in [0.2, 0.25) is 0 Å². The van der Waals surface area contributed by atoms with E-state index < -0.39 is 29.8 Å². The van der Waals surface area contributed by atoms with Crippen LogP contribution < -0.4 is 5.32 Å². The van der Waals surface area contributed by atoms with Gasteiger partial charge in [0.1, 0.15) is 6.04 Å². The van der Waals surface area contributed by atoms with Crippen molar-refractivity contribution >= 4 is 23.6 Å². The Labute approximate surface area is 194 Å². The lowest BCUT2D eigenvalue weighted by Gasteiger charge is -2.35. The first kappa shape index (κ1) is 25.1. The SMILES string of the molecule is CCOC(=O)N1CCN(C(=O)C(C)n2cc(NC(=O)c3cccc(C(F)(F)F)c3)c(C)n2)CC1. The van der Waals surface area contributed by atoms with Gasteiger partial charge in [0.15, 0.2) is 0 Å². The van der Waals surface area contributed by atoms with E-state index in [0.717, 1.165) is 18.2 Å². The van der Waals surface area contributed by atoms with Crippen LogP contribution in [-0.2, 0) is 15.7 Å². The molecule has 1 unspecified atom stereocenters. The molecular weight excluding hydrogens is 455 g/mol. The summed E-state index contributed by atoms with van der Waals surface area (Å²) in [5.74, 6) is -0.926. The first-order chi connectivity index (χ1) is 16.0. The number of halogens is 3. The summed E-state index contributed by atoms with van der Waals surface area (Å²) in [6, 6.07) is 3.42. The van der Waals surface area contributed by atoms with Gasteiger partial charge in [-0.25, -0.2) is 4.79 Å². The molecule has 2 aromatic rings. The lowest BCUT2D eigenvalue weighted by atomic mass is 10.1. The number of carbonyl (C=O) groups is 3. The van der Waals surface area contributed by atoms with E-state index in [1.165, 1.54) is 21.8 Å². The van der Waals surface area contributed by atoms with E-state index in [2.05, 4.69) is 10.4 Å². The molecule has 12 heteroatoms. The smallest absolute Gasteiger partial charge is 0.416 e. The Hall–Kier alpha value is -3.57. The summed E-state index contributed by atoms with van der Waals surface area (Å²) in [7, 11) is 0. The summed E-state index contributed by atoms with van der Waals surface area (Å²) in [5.41, 5.74) is -0.373. The number of hydrogen-bond donors (Lipinski definition) is 1. The van der Waals surface area contributed by atoms with Crippen molar-refractivity contribution in [3.63, 3.8) is 0 Å². The first-order valence-electron chi connectivity index (χ1n) is 10.8. The number of aromatic nitrogens is 2. The van der Waals surface area contributed by atoms with Crippen LogP contribution >= 0.6 is 0 Å². The predicted molar refractivity (Wildman–Crippen MR) is 116 cm³/mol. The first-order valence-corrected chi connectivity index (χ1v) is 10.8. The molecule has 1 atom stereocenters. The van der Waals surface area contributed by atoms with Crippen molar-refractivity contribution in [2.24, 2.45) is 0 Å². The third-order valence-corrected chi connectivity index (χ3v) is 5.49. The molecule has 1 aliphatic heterocycles. The van der Waals surface area contributed by atoms with Crippen LogP contribution in [-0.4, -0.2) is 70.3 Å². The van der Waals surface area contributed by atoms with Gasteiger partial charge < -0.3 is 19.9 Å². The third-order valence-electron chi connectivity index (χ3n) is 5.49. The number of carbonyl (C=O) groups excluding carboxylic acids is 3. The maximum absolute atomic E-state index is 12.9. The van der Waals surface area contributed by atoms with Crippen LogP contribution in [0.3, 0.4) is 0 Å². The summed E-state index contributed by atoms with van der Waals surface area (Å²) in [4.78, 5) is 40.4. The summed E-state index contributed by atoms with van der Waals surface area (Å²) in [6.45, 7) is 6.69. The van der Waals surface area contributed by atoms with Gasteiger partial charge in [-0.05, 0) is 39.0 Å². The standard InChI is InChI=1S/C22H26F3N5O4/c1-4-34-21(33)29-10-8-28(9-11-29)20(32)15(3)30-13-18(14(2)27-30)26-19(31)16-6-5-7-17(12-16)22(23,24)25/h5-7,12-13,15H,4,8-11H2,1-3H3,(H,26,31). The highest BCUT2D eigenvalue weighted by molar-refractivity contribution is 6.04. The summed E-state index contributed by atoms with van der Waals surface area (Å²) in [5, 5.41) is 6.84. The quantitative estimate of drug-likeness (QED) is 0.707. The maximum atomic E-state index is 12.9. The number of nitrogens with zero attached hydrogens (tertiary/aromatic N) is 4. The molecular formula is C22H26F3N5O4. The normalized spacial score (nSPS) is 15.1. The van der Waals surface area contributed by atoms with Gasteiger partial charge in [0.25, 0.3) is 5.91 Å². The van der Waals surface area contributed by atoms with Gasteiger partial charge in [0.2, 0.25) is 5.91 Å². The minimum Gasteiger partial charge on any atom is -0.450 e. The van der Waals surface area contributed by atoms with Gasteiger partial charge in [-0.15, -0.1) is 0 Å². The molecule has 1 aromatic carbocycles. The Kier molecular flexibility index (Phi) is 7.48. The van der Waals surface area contributed by atoms with Crippen molar-refractivity contribution in [3.8, 4) is 0 Å². The minimum absolute atomic E-state index is 0.148. The van der Waals surface area contributed by atoms with Crippen LogP contribution in [0.15, 0.2) is 30.5 Å². The largest absolute Gasteiger partial charge is 0.450 e. The molecule has 2 heterocycles. The van der Waals surface area contributed by atoms with Crippen LogP contribution in [0.25, 0.3) is 0 Å². The van der Waals surface area contributed by atoms with Crippen LogP contribution in [0, 0.1) is 6.92 Å². The van der Waals surface area contributed by atoms with E-state index in [-0.39, 0.29) is 23.8 Å². The van der Waals surface area contributed by atoms with E-state index in [0.29, 0.717) is 31.9 Å². The lowest BCUT2D eigenvalue weighted by Crippen LogP contribution is -2.52. The molecule has 3 rings (SSSR count). The van der Waals surface area contributed by atoms with Gasteiger partial charge >= 0.3 is 12.3 Å². The van der Waals surface area contributed by atoms with Gasteiger partial charge in [-0.3, -0.25) is 14.3 Å².